The fourth-order valence-electron chi connectivity index (χ4n) is 3.70. The first kappa shape index (κ1) is 17.7. The normalized spacial score (nSPS) is 20.2. The van der Waals surface area contributed by atoms with Crippen LogP contribution < -0.4 is 14.4 Å². The van der Waals surface area contributed by atoms with E-state index in [1.165, 1.54) is 44.3 Å². The summed E-state index contributed by atoms with van der Waals surface area (Å²) in [6.07, 6.45) is 10.1. The minimum absolute atomic E-state index is 0.613. The summed E-state index contributed by atoms with van der Waals surface area (Å²) in [5.74, 6) is 1.73. The van der Waals surface area contributed by atoms with E-state index < -0.39 is 0 Å². The van der Waals surface area contributed by atoms with Gasteiger partial charge in [0.2, 0.25) is 0 Å². The van der Waals surface area contributed by atoms with E-state index in [1.54, 1.807) is 12.0 Å². The number of quaternary nitrogens is 1. The number of hydrogen-bond donors (Lipinski definition) is 1. The van der Waals surface area contributed by atoms with E-state index in [0.29, 0.717) is 6.04 Å². The molecule has 0 spiro atoms. The minimum atomic E-state index is 0.613. The van der Waals surface area contributed by atoms with Crippen LogP contribution in [-0.2, 0) is 0 Å². The van der Waals surface area contributed by atoms with Crippen LogP contribution in [-0.4, -0.2) is 31.8 Å². The maximum atomic E-state index is 5.85. The number of ether oxygens (including phenoxy) is 2. The average molecular weight is 341 g/mol. The summed E-state index contributed by atoms with van der Waals surface area (Å²) in [5, 5.41) is 0. The molecule has 1 aromatic carbocycles. The van der Waals surface area contributed by atoms with Gasteiger partial charge in [0.1, 0.15) is 17.5 Å². The summed E-state index contributed by atoms with van der Waals surface area (Å²) in [6.45, 7) is 3.25. The van der Waals surface area contributed by atoms with Crippen molar-refractivity contribution in [1.82, 2.24) is 4.98 Å². The quantitative estimate of drug-likeness (QED) is 0.750. The molecule has 1 N–H and O–H groups in total. The summed E-state index contributed by atoms with van der Waals surface area (Å²) >= 11 is 0. The number of nitrogens with one attached hydrogen (secondary N) is 1. The molecule has 4 nitrogen and oxygen atoms in total. The van der Waals surface area contributed by atoms with Crippen LogP contribution in [0.5, 0.6) is 11.5 Å². The maximum Gasteiger partial charge on any atom is 0.122 e. The third-order valence-electron chi connectivity index (χ3n) is 5.02. The second-order valence-corrected chi connectivity index (χ2v) is 6.73. The van der Waals surface area contributed by atoms with Crippen LogP contribution in [0.25, 0.3) is 0 Å². The predicted octanol–water partition coefficient (Wildman–Crippen LogP) is 3.06. The summed E-state index contributed by atoms with van der Waals surface area (Å²) in [7, 11) is 1.68. The Kier molecular flexibility index (Phi) is 6.69. The third-order valence-corrected chi connectivity index (χ3v) is 5.02. The Hall–Kier alpha value is -2.07. The van der Waals surface area contributed by atoms with Crippen LogP contribution in [0.15, 0.2) is 48.8 Å². The molecule has 2 heterocycles. The van der Waals surface area contributed by atoms with E-state index in [9.17, 15) is 0 Å². The minimum Gasteiger partial charge on any atom is -0.497 e. The molecular weight excluding hydrogens is 312 g/mol. The van der Waals surface area contributed by atoms with Gasteiger partial charge in [0, 0.05) is 30.4 Å². The number of rotatable bonds is 8. The molecule has 0 saturated carbocycles. The molecule has 2 aromatic rings. The Balaban J connectivity index is 1.42. The number of pyridine rings is 1. The Morgan fingerprint density at radius 2 is 2.04 bits per heavy atom. The van der Waals surface area contributed by atoms with Gasteiger partial charge in [-0.15, -0.1) is 0 Å². The van der Waals surface area contributed by atoms with E-state index in [1.807, 2.05) is 36.7 Å². The largest absolute Gasteiger partial charge is 0.497 e. The third kappa shape index (κ3) is 5.20. The zero-order valence-corrected chi connectivity index (χ0v) is 15.1. The van der Waals surface area contributed by atoms with Gasteiger partial charge >= 0.3 is 0 Å². The fraction of sp³-hybridized carbons (Fsp3) is 0.476. The lowest BCUT2D eigenvalue weighted by Gasteiger charge is -2.32. The monoisotopic (exact) mass is 341 g/mol. The van der Waals surface area contributed by atoms with Crippen LogP contribution in [0.1, 0.15) is 43.7 Å². The van der Waals surface area contributed by atoms with Gasteiger partial charge < -0.3 is 14.4 Å². The summed E-state index contributed by atoms with van der Waals surface area (Å²) in [5.41, 5.74) is 1.39. The molecule has 0 aliphatic carbocycles. The summed E-state index contributed by atoms with van der Waals surface area (Å²) < 4.78 is 11.1. The number of unbranched alkanes of at least 4 members (excludes halogenated alkanes) is 1. The lowest BCUT2D eigenvalue weighted by atomic mass is 9.96. The maximum absolute atomic E-state index is 5.85. The molecule has 1 unspecified atom stereocenters. The Bertz CT molecular complexity index is 633. The second kappa shape index (κ2) is 9.42. The van der Waals surface area contributed by atoms with E-state index in [4.69, 9.17) is 9.47 Å². The lowest BCUT2D eigenvalue weighted by molar-refractivity contribution is -0.937. The molecule has 4 heteroatoms. The van der Waals surface area contributed by atoms with Crippen molar-refractivity contribution in [2.75, 3.05) is 26.8 Å². The van der Waals surface area contributed by atoms with Crippen molar-refractivity contribution in [2.24, 2.45) is 0 Å². The van der Waals surface area contributed by atoms with E-state index in [0.717, 1.165) is 24.5 Å². The van der Waals surface area contributed by atoms with Crippen LogP contribution in [0, 0.1) is 0 Å². The van der Waals surface area contributed by atoms with Crippen molar-refractivity contribution in [3.8, 4) is 11.5 Å². The topological polar surface area (TPSA) is 35.8 Å². The van der Waals surface area contributed by atoms with Crippen LogP contribution in [0.2, 0.25) is 0 Å². The number of benzene rings is 1. The first-order valence-electron chi connectivity index (χ1n) is 9.38. The van der Waals surface area contributed by atoms with Crippen molar-refractivity contribution in [1.29, 1.82) is 0 Å². The highest BCUT2D eigenvalue weighted by atomic mass is 16.5. The standard InChI is InChI=1S/C21H28N2O2/c1-24-19-9-6-10-20(16-19)25-15-5-4-14-23-13-3-2-11-21(23)18-8-7-12-22-17-18/h6-10,12,16-17,21H,2-5,11,13-15H2,1H3/p+1/t21-/m0/s1. The van der Waals surface area contributed by atoms with Gasteiger partial charge in [0.25, 0.3) is 0 Å². The first-order valence-corrected chi connectivity index (χ1v) is 9.38. The number of likely N-dealkylation sites (tertiary alicyclic amines) is 1. The Labute approximate surface area is 150 Å². The lowest BCUT2D eigenvalue weighted by Crippen LogP contribution is -3.13. The molecule has 3 rings (SSSR count). The van der Waals surface area contributed by atoms with Crippen molar-refractivity contribution >= 4 is 0 Å². The molecule has 1 aliphatic heterocycles. The first-order chi connectivity index (χ1) is 12.4. The van der Waals surface area contributed by atoms with E-state index in [-0.39, 0.29) is 0 Å². The highest BCUT2D eigenvalue weighted by Gasteiger charge is 2.27. The van der Waals surface area contributed by atoms with Gasteiger partial charge in [0.05, 0.1) is 26.8 Å². The van der Waals surface area contributed by atoms with Crippen molar-refractivity contribution in [3.05, 3.63) is 54.4 Å². The van der Waals surface area contributed by atoms with E-state index in [2.05, 4.69) is 17.1 Å². The number of aromatic nitrogens is 1. The fourth-order valence-corrected chi connectivity index (χ4v) is 3.70. The number of hydrogen-bond acceptors (Lipinski definition) is 3. The molecule has 0 radical (unpaired) electrons. The Morgan fingerprint density at radius 3 is 2.88 bits per heavy atom. The van der Waals surface area contributed by atoms with Crippen molar-refractivity contribution < 1.29 is 14.4 Å². The molecule has 1 fully saturated rings. The Morgan fingerprint density at radius 1 is 1.12 bits per heavy atom. The number of piperidine rings is 1. The van der Waals surface area contributed by atoms with Gasteiger partial charge in [-0.2, -0.15) is 0 Å². The predicted molar refractivity (Wildman–Crippen MR) is 99.2 cm³/mol. The molecule has 1 saturated heterocycles. The van der Waals surface area contributed by atoms with Gasteiger partial charge in [0.15, 0.2) is 0 Å². The van der Waals surface area contributed by atoms with Crippen molar-refractivity contribution in [2.45, 2.75) is 38.1 Å². The van der Waals surface area contributed by atoms with Crippen molar-refractivity contribution in [3.63, 3.8) is 0 Å². The summed E-state index contributed by atoms with van der Waals surface area (Å²) in [4.78, 5) is 6.02. The van der Waals surface area contributed by atoms with Gasteiger partial charge in [-0.05, 0) is 43.9 Å². The summed E-state index contributed by atoms with van der Waals surface area (Å²) in [6, 6.07) is 12.7. The van der Waals surface area contributed by atoms with Gasteiger partial charge in [-0.25, -0.2) is 0 Å². The second-order valence-electron chi connectivity index (χ2n) is 6.73. The van der Waals surface area contributed by atoms with Crippen LogP contribution in [0.4, 0.5) is 0 Å². The smallest absolute Gasteiger partial charge is 0.122 e. The van der Waals surface area contributed by atoms with Gasteiger partial charge in [-0.1, -0.05) is 12.1 Å². The average Bonchev–Trinajstić information content (AvgIpc) is 2.69. The van der Waals surface area contributed by atoms with E-state index >= 15 is 0 Å². The molecular formula is C21H29N2O2+. The molecule has 25 heavy (non-hydrogen) atoms. The zero-order chi connectivity index (χ0) is 17.3. The molecule has 1 aliphatic rings. The van der Waals surface area contributed by atoms with Crippen LogP contribution in [0.3, 0.4) is 0 Å². The van der Waals surface area contributed by atoms with Gasteiger partial charge in [-0.3, -0.25) is 4.98 Å². The zero-order valence-electron chi connectivity index (χ0n) is 15.1. The SMILES string of the molecule is COc1cccc(OCCCC[NH+]2CCCC[C@H]2c2cccnc2)c1. The molecule has 0 bridgehead atoms. The molecule has 2 atom stereocenters. The highest BCUT2D eigenvalue weighted by molar-refractivity contribution is 5.32. The number of methoxy groups -OCH3 is 1. The molecule has 134 valence electrons. The van der Waals surface area contributed by atoms with Crippen LogP contribution >= 0.6 is 0 Å². The molecule has 1 aromatic heterocycles. The highest BCUT2D eigenvalue weighted by Crippen LogP contribution is 2.20. The number of nitrogens with zero attached hydrogens (tertiary/aromatic N) is 1. The molecule has 0 amide bonds.